The van der Waals surface area contributed by atoms with Crippen molar-refractivity contribution in [3.8, 4) is 0 Å². The van der Waals surface area contributed by atoms with E-state index in [0.717, 1.165) is 31.8 Å². The van der Waals surface area contributed by atoms with Gasteiger partial charge in [0, 0.05) is 55.9 Å². The summed E-state index contributed by atoms with van der Waals surface area (Å²) in [7, 11) is 0. The van der Waals surface area contributed by atoms with Crippen molar-refractivity contribution in [2.24, 2.45) is 0 Å². The van der Waals surface area contributed by atoms with E-state index in [1.54, 1.807) is 31.5 Å². The smallest absolute Gasteiger partial charge is 0.253 e. The topological polar surface area (TPSA) is 51.0 Å². The average molecular weight is 378 g/mol. The highest BCUT2D eigenvalue weighted by Gasteiger charge is 2.28. The van der Waals surface area contributed by atoms with Gasteiger partial charge in [0.25, 0.3) is 5.91 Å². The predicted molar refractivity (Wildman–Crippen MR) is 105 cm³/mol. The number of aromatic nitrogens is 3. The number of benzene rings is 1. The normalized spacial score (nSPS) is 16.9. The molecule has 3 aromatic rings. The van der Waals surface area contributed by atoms with Crippen LogP contribution in [0.5, 0.6) is 0 Å². The number of rotatable bonds is 4. The van der Waals surface area contributed by atoms with Crippen molar-refractivity contribution in [1.29, 1.82) is 0 Å². The highest BCUT2D eigenvalue weighted by molar-refractivity contribution is 5.94. The van der Waals surface area contributed by atoms with Gasteiger partial charge < -0.3 is 9.47 Å². The van der Waals surface area contributed by atoms with E-state index in [0.29, 0.717) is 17.7 Å². The molecular weight excluding hydrogens is 355 g/mol. The van der Waals surface area contributed by atoms with E-state index in [1.165, 1.54) is 11.6 Å². The molecule has 0 spiro atoms. The zero-order valence-corrected chi connectivity index (χ0v) is 15.9. The molecule has 1 amide bonds. The van der Waals surface area contributed by atoms with Crippen LogP contribution in [0.25, 0.3) is 0 Å². The van der Waals surface area contributed by atoms with Crippen molar-refractivity contribution in [2.75, 3.05) is 13.1 Å². The Morgan fingerprint density at radius 3 is 2.82 bits per heavy atom. The number of hydrogen-bond donors (Lipinski definition) is 0. The van der Waals surface area contributed by atoms with Gasteiger partial charge in [0.05, 0.1) is 0 Å². The van der Waals surface area contributed by atoms with Crippen LogP contribution in [0.15, 0.2) is 55.1 Å². The maximum absolute atomic E-state index is 13.5. The summed E-state index contributed by atoms with van der Waals surface area (Å²) in [6.07, 6.45) is 9.31. The summed E-state index contributed by atoms with van der Waals surface area (Å²) in [4.78, 5) is 23.4. The fraction of sp³-hybridized carbons (Fsp3) is 0.318. The third-order valence-corrected chi connectivity index (χ3v) is 5.33. The van der Waals surface area contributed by atoms with Crippen LogP contribution in [0.2, 0.25) is 0 Å². The van der Waals surface area contributed by atoms with Gasteiger partial charge in [-0.25, -0.2) is 9.37 Å². The van der Waals surface area contributed by atoms with Crippen LogP contribution in [-0.4, -0.2) is 38.4 Å². The van der Waals surface area contributed by atoms with Gasteiger partial charge in [0.1, 0.15) is 11.6 Å². The molecular formula is C22H23FN4O. The molecule has 0 radical (unpaired) electrons. The van der Waals surface area contributed by atoms with Gasteiger partial charge in [-0.2, -0.15) is 0 Å². The summed E-state index contributed by atoms with van der Waals surface area (Å²) in [5.41, 5.74) is 2.20. The first-order valence-electron chi connectivity index (χ1n) is 9.57. The molecule has 0 N–H and O–H groups in total. The number of amides is 1. The van der Waals surface area contributed by atoms with Gasteiger partial charge in [-0.05, 0) is 61.2 Å². The molecule has 5 nitrogen and oxygen atoms in total. The molecule has 0 aliphatic carbocycles. The Bertz CT molecular complexity index is 970. The van der Waals surface area contributed by atoms with Crippen LogP contribution in [0, 0.1) is 12.7 Å². The van der Waals surface area contributed by atoms with Gasteiger partial charge in [-0.3, -0.25) is 9.78 Å². The largest absolute Gasteiger partial charge is 0.338 e. The van der Waals surface area contributed by atoms with Crippen molar-refractivity contribution in [3.63, 3.8) is 0 Å². The lowest BCUT2D eigenvalue weighted by molar-refractivity contribution is 0.0703. The van der Waals surface area contributed by atoms with E-state index < -0.39 is 0 Å². The Morgan fingerprint density at radius 1 is 1.21 bits per heavy atom. The number of hydrogen-bond acceptors (Lipinski definition) is 3. The lowest BCUT2D eigenvalue weighted by Gasteiger charge is -2.33. The summed E-state index contributed by atoms with van der Waals surface area (Å²) in [5.74, 6) is 0.868. The Hall–Kier alpha value is -3.02. The lowest BCUT2D eigenvalue weighted by atomic mass is 9.96. The van der Waals surface area contributed by atoms with Crippen LogP contribution >= 0.6 is 0 Å². The monoisotopic (exact) mass is 378 g/mol. The minimum Gasteiger partial charge on any atom is -0.338 e. The number of pyridine rings is 1. The molecule has 3 heterocycles. The maximum Gasteiger partial charge on any atom is 0.253 e. The van der Waals surface area contributed by atoms with Gasteiger partial charge >= 0.3 is 0 Å². The summed E-state index contributed by atoms with van der Waals surface area (Å²) < 4.78 is 15.7. The summed E-state index contributed by atoms with van der Waals surface area (Å²) >= 11 is 0. The fourth-order valence-electron chi connectivity index (χ4n) is 3.83. The molecule has 6 heteroatoms. The number of nitrogens with zero attached hydrogens (tertiary/aromatic N) is 4. The van der Waals surface area contributed by atoms with E-state index in [2.05, 4.69) is 14.5 Å². The molecule has 1 aliphatic rings. The maximum atomic E-state index is 13.5. The second kappa shape index (κ2) is 7.92. The minimum absolute atomic E-state index is 0.0416. The number of likely N-dealkylation sites (tertiary alicyclic amines) is 1. The van der Waals surface area contributed by atoms with Gasteiger partial charge in [-0.15, -0.1) is 0 Å². The van der Waals surface area contributed by atoms with E-state index in [-0.39, 0.29) is 17.6 Å². The van der Waals surface area contributed by atoms with Crippen molar-refractivity contribution in [3.05, 3.63) is 83.5 Å². The number of carbonyl (C=O) groups excluding carboxylic acids is 1. The molecule has 0 bridgehead atoms. The zero-order chi connectivity index (χ0) is 19.5. The van der Waals surface area contributed by atoms with Gasteiger partial charge in [0.15, 0.2) is 0 Å². The summed E-state index contributed by atoms with van der Waals surface area (Å²) in [5, 5.41) is 0. The Kier molecular flexibility index (Phi) is 5.19. The molecule has 1 aliphatic heterocycles. The van der Waals surface area contributed by atoms with Crippen molar-refractivity contribution in [2.45, 2.75) is 32.2 Å². The van der Waals surface area contributed by atoms with Gasteiger partial charge in [0.2, 0.25) is 0 Å². The van der Waals surface area contributed by atoms with E-state index in [9.17, 15) is 9.18 Å². The molecule has 2 aromatic heterocycles. The quantitative estimate of drug-likeness (QED) is 0.694. The molecule has 1 atom stereocenters. The molecule has 1 fully saturated rings. The molecule has 28 heavy (non-hydrogen) atoms. The van der Waals surface area contributed by atoms with E-state index in [4.69, 9.17) is 0 Å². The van der Waals surface area contributed by atoms with E-state index >= 15 is 0 Å². The first kappa shape index (κ1) is 18.3. The third kappa shape index (κ3) is 3.81. The highest BCUT2D eigenvalue weighted by Crippen LogP contribution is 2.27. The average Bonchev–Trinajstić information content (AvgIpc) is 3.18. The Labute approximate surface area is 163 Å². The van der Waals surface area contributed by atoms with Crippen molar-refractivity contribution in [1.82, 2.24) is 19.4 Å². The standard InChI is InChI=1S/C22H23FN4O/c1-16-13-18(4-5-20(16)23)22(28)27-11-2-3-19(15-27)21-25-10-12-26(21)14-17-6-8-24-9-7-17/h4-10,12-13,19H,2-3,11,14-15H2,1H3/t19-/m1/s1. The molecule has 144 valence electrons. The number of imidazole rings is 1. The third-order valence-electron chi connectivity index (χ3n) is 5.33. The van der Waals surface area contributed by atoms with Crippen LogP contribution < -0.4 is 0 Å². The van der Waals surface area contributed by atoms with E-state index in [1.807, 2.05) is 29.4 Å². The molecule has 1 aromatic carbocycles. The second-order valence-corrected chi connectivity index (χ2v) is 7.32. The summed E-state index contributed by atoms with van der Waals surface area (Å²) in [6.45, 7) is 3.76. The summed E-state index contributed by atoms with van der Waals surface area (Å²) in [6, 6.07) is 8.56. The predicted octanol–water partition coefficient (Wildman–Crippen LogP) is 3.79. The first-order chi connectivity index (χ1) is 13.6. The number of aryl methyl sites for hydroxylation is 1. The Balaban J connectivity index is 1.51. The van der Waals surface area contributed by atoms with Crippen molar-refractivity contribution < 1.29 is 9.18 Å². The van der Waals surface area contributed by atoms with Crippen LogP contribution in [0.3, 0.4) is 0 Å². The minimum atomic E-state index is -0.286. The highest BCUT2D eigenvalue weighted by atomic mass is 19.1. The zero-order valence-electron chi connectivity index (χ0n) is 15.9. The number of piperidine rings is 1. The SMILES string of the molecule is Cc1cc(C(=O)N2CCC[C@@H](c3nccn3Cc3ccncc3)C2)ccc1F. The molecule has 4 rings (SSSR count). The van der Waals surface area contributed by atoms with Crippen LogP contribution in [0.1, 0.15) is 46.1 Å². The first-order valence-corrected chi connectivity index (χ1v) is 9.57. The number of carbonyl (C=O) groups is 1. The number of halogens is 1. The lowest BCUT2D eigenvalue weighted by Crippen LogP contribution is -2.39. The molecule has 1 saturated heterocycles. The molecule has 0 saturated carbocycles. The second-order valence-electron chi connectivity index (χ2n) is 7.32. The fourth-order valence-corrected chi connectivity index (χ4v) is 3.83. The Morgan fingerprint density at radius 2 is 2.04 bits per heavy atom. The van der Waals surface area contributed by atoms with Crippen molar-refractivity contribution >= 4 is 5.91 Å². The van der Waals surface area contributed by atoms with Crippen LogP contribution in [-0.2, 0) is 6.54 Å². The van der Waals surface area contributed by atoms with Crippen LogP contribution in [0.4, 0.5) is 4.39 Å². The van der Waals surface area contributed by atoms with Gasteiger partial charge in [-0.1, -0.05) is 0 Å². The molecule has 0 unspecified atom stereocenters.